The molecule has 3 heterocycles. The number of hydrogen-bond donors (Lipinski definition) is 0. The SMILES string of the molecule is Cc1ccc(C(=O)N2CC[C@@H](Cc3ccnc4ccccc34)C2)cn1. The molecule has 4 heteroatoms. The van der Waals surface area contributed by atoms with Crippen LogP contribution < -0.4 is 0 Å². The van der Waals surface area contributed by atoms with Gasteiger partial charge in [0.15, 0.2) is 0 Å². The summed E-state index contributed by atoms with van der Waals surface area (Å²) in [6.45, 7) is 3.56. The van der Waals surface area contributed by atoms with Gasteiger partial charge >= 0.3 is 0 Å². The number of likely N-dealkylation sites (tertiary alicyclic amines) is 1. The molecule has 1 saturated heterocycles. The van der Waals surface area contributed by atoms with Crippen molar-refractivity contribution in [2.24, 2.45) is 5.92 Å². The maximum atomic E-state index is 12.6. The highest BCUT2D eigenvalue weighted by Crippen LogP contribution is 2.25. The van der Waals surface area contributed by atoms with Crippen LogP contribution in [0.4, 0.5) is 0 Å². The molecule has 1 fully saturated rings. The molecule has 4 rings (SSSR count). The number of hydrogen-bond acceptors (Lipinski definition) is 3. The molecule has 1 atom stereocenters. The normalized spacial score (nSPS) is 17.2. The number of amides is 1. The molecule has 0 aliphatic carbocycles. The molecule has 0 unspecified atom stereocenters. The molecule has 0 bridgehead atoms. The van der Waals surface area contributed by atoms with Gasteiger partial charge in [0, 0.05) is 36.6 Å². The summed E-state index contributed by atoms with van der Waals surface area (Å²) in [5, 5.41) is 1.22. The van der Waals surface area contributed by atoms with Crippen LogP contribution in [0.3, 0.4) is 0 Å². The number of para-hydroxylation sites is 1. The first kappa shape index (κ1) is 15.8. The van der Waals surface area contributed by atoms with Crippen LogP contribution in [0.1, 0.15) is 28.0 Å². The summed E-state index contributed by atoms with van der Waals surface area (Å²) in [6, 6.07) is 14.1. The Morgan fingerprint density at radius 2 is 2.04 bits per heavy atom. The molecular weight excluding hydrogens is 310 g/mol. The minimum absolute atomic E-state index is 0.0922. The van der Waals surface area contributed by atoms with Gasteiger partial charge in [-0.15, -0.1) is 0 Å². The molecular formula is C21H21N3O. The van der Waals surface area contributed by atoms with Crippen molar-refractivity contribution in [2.45, 2.75) is 19.8 Å². The van der Waals surface area contributed by atoms with Gasteiger partial charge < -0.3 is 4.90 Å². The second-order valence-corrected chi connectivity index (χ2v) is 6.79. The Morgan fingerprint density at radius 3 is 2.88 bits per heavy atom. The monoisotopic (exact) mass is 331 g/mol. The highest BCUT2D eigenvalue weighted by molar-refractivity contribution is 5.94. The Balaban J connectivity index is 1.47. The topological polar surface area (TPSA) is 46.1 Å². The van der Waals surface area contributed by atoms with Crippen LogP contribution in [0.15, 0.2) is 54.9 Å². The van der Waals surface area contributed by atoms with Crippen molar-refractivity contribution in [1.29, 1.82) is 0 Å². The van der Waals surface area contributed by atoms with Gasteiger partial charge in [0.1, 0.15) is 0 Å². The van der Waals surface area contributed by atoms with Gasteiger partial charge in [0.05, 0.1) is 11.1 Å². The number of carbonyl (C=O) groups excluding carboxylic acids is 1. The van der Waals surface area contributed by atoms with Crippen LogP contribution in [-0.2, 0) is 6.42 Å². The predicted molar refractivity (Wildman–Crippen MR) is 98.4 cm³/mol. The molecule has 1 aliphatic heterocycles. The van der Waals surface area contributed by atoms with Crippen LogP contribution in [0, 0.1) is 12.8 Å². The lowest BCUT2D eigenvalue weighted by atomic mass is 9.96. The molecule has 1 aromatic carbocycles. The Hall–Kier alpha value is -2.75. The Bertz CT molecular complexity index is 899. The van der Waals surface area contributed by atoms with Crippen molar-refractivity contribution in [3.8, 4) is 0 Å². The first-order valence-corrected chi connectivity index (χ1v) is 8.75. The Kier molecular flexibility index (Phi) is 4.18. The fourth-order valence-electron chi connectivity index (χ4n) is 3.60. The summed E-state index contributed by atoms with van der Waals surface area (Å²) in [7, 11) is 0. The van der Waals surface area contributed by atoms with Crippen molar-refractivity contribution < 1.29 is 4.79 Å². The molecule has 0 radical (unpaired) electrons. The maximum absolute atomic E-state index is 12.6. The number of pyridine rings is 2. The summed E-state index contributed by atoms with van der Waals surface area (Å²) in [5.41, 5.74) is 3.97. The second kappa shape index (κ2) is 6.63. The molecule has 0 spiro atoms. The molecule has 126 valence electrons. The summed E-state index contributed by atoms with van der Waals surface area (Å²) >= 11 is 0. The lowest BCUT2D eigenvalue weighted by Crippen LogP contribution is -2.29. The van der Waals surface area contributed by atoms with Gasteiger partial charge in [0.2, 0.25) is 0 Å². The summed E-state index contributed by atoms with van der Waals surface area (Å²) in [4.78, 5) is 23.3. The Labute approximate surface area is 147 Å². The lowest BCUT2D eigenvalue weighted by Gasteiger charge is -2.17. The molecule has 25 heavy (non-hydrogen) atoms. The van der Waals surface area contributed by atoms with E-state index in [0.29, 0.717) is 11.5 Å². The van der Waals surface area contributed by atoms with Crippen LogP contribution in [0.5, 0.6) is 0 Å². The fraction of sp³-hybridized carbons (Fsp3) is 0.286. The minimum Gasteiger partial charge on any atom is -0.338 e. The fourth-order valence-corrected chi connectivity index (χ4v) is 3.60. The third kappa shape index (κ3) is 3.25. The van der Waals surface area contributed by atoms with E-state index in [-0.39, 0.29) is 5.91 Å². The van der Waals surface area contributed by atoms with E-state index >= 15 is 0 Å². The van der Waals surface area contributed by atoms with Crippen molar-refractivity contribution in [1.82, 2.24) is 14.9 Å². The zero-order valence-electron chi connectivity index (χ0n) is 14.4. The van der Waals surface area contributed by atoms with Crippen molar-refractivity contribution >= 4 is 16.8 Å². The van der Waals surface area contributed by atoms with E-state index in [4.69, 9.17) is 0 Å². The van der Waals surface area contributed by atoms with Crippen LogP contribution in [-0.4, -0.2) is 33.9 Å². The molecule has 0 N–H and O–H groups in total. The summed E-state index contributed by atoms with van der Waals surface area (Å²) in [5.74, 6) is 0.586. The van der Waals surface area contributed by atoms with E-state index in [1.807, 2.05) is 42.3 Å². The first-order chi connectivity index (χ1) is 12.2. The van der Waals surface area contributed by atoms with E-state index in [1.165, 1.54) is 10.9 Å². The third-order valence-electron chi connectivity index (χ3n) is 4.98. The Morgan fingerprint density at radius 1 is 1.16 bits per heavy atom. The van der Waals surface area contributed by atoms with E-state index < -0.39 is 0 Å². The molecule has 0 saturated carbocycles. The van der Waals surface area contributed by atoms with E-state index in [2.05, 4.69) is 28.2 Å². The van der Waals surface area contributed by atoms with Gasteiger partial charge in [-0.25, -0.2) is 0 Å². The third-order valence-corrected chi connectivity index (χ3v) is 4.98. The zero-order valence-corrected chi connectivity index (χ0v) is 14.4. The average molecular weight is 331 g/mol. The second-order valence-electron chi connectivity index (χ2n) is 6.79. The van der Waals surface area contributed by atoms with Crippen molar-refractivity contribution in [3.63, 3.8) is 0 Å². The largest absolute Gasteiger partial charge is 0.338 e. The van der Waals surface area contributed by atoms with Gasteiger partial charge in [-0.05, 0) is 55.5 Å². The predicted octanol–water partition coefficient (Wildman–Crippen LogP) is 3.64. The highest BCUT2D eigenvalue weighted by atomic mass is 16.2. The van der Waals surface area contributed by atoms with Gasteiger partial charge in [-0.1, -0.05) is 18.2 Å². The minimum atomic E-state index is 0.0922. The van der Waals surface area contributed by atoms with Gasteiger partial charge in [-0.2, -0.15) is 0 Å². The van der Waals surface area contributed by atoms with E-state index in [0.717, 1.165) is 37.1 Å². The van der Waals surface area contributed by atoms with Gasteiger partial charge in [0.25, 0.3) is 5.91 Å². The number of rotatable bonds is 3. The zero-order chi connectivity index (χ0) is 17.2. The standard InChI is InChI=1S/C21H21N3O/c1-15-6-7-18(13-23-15)21(25)24-11-9-16(14-24)12-17-8-10-22-20-5-3-2-4-19(17)20/h2-8,10,13,16H,9,11-12,14H2,1H3/t16-/m0/s1. The van der Waals surface area contributed by atoms with E-state index in [9.17, 15) is 4.79 Å². The number of aryl methyl sites for hydroxylation is 1. The number of nitrogens with zero attached hydrogens (tertiary/aromatic N) is 3. The number of benzene rings is 1. The number of carbonyl (C=O) groups is 1. The van der Waals surface area contributed by atoms with Crippen LogP contribution >= 0.6 is 0 Å². The number of aromatic nitrogens is 2. The summed E-state index contributed by atoms with van der Waals surface area (Å²) in [6.07, 6.45) is 5.59. The van der Waals surface area contributed by atoms with Crippen molar-refractivity contribution in [2.75, 3.05) is 13.1 Å². The average Bonchev–Trinajstić information content (AvgIpc) is 3.11. The molecule has 1 aliphatic rings. The van der Waals surface area contributed by atoms with E-state index in [1.54, 1.807) is 6.20 Å². The van der Waals surface area contributed by atoms with Crippen molar-refractivity contribution in [3.05, 3.63) is 71.7 Å². The maximum Gasteiger partial charge on any atom is 0.255 e. The highest BCUT2D eigenvalue weighted by Gasteiger charge is 2.27. The quantitative estimate of drug-likeness (QED) is 0.736. The smallest absolute Gasteiger partial charge is 0.255 e. The first-order valence-electron chi connectivity index (χ1n) is 8.75. The molecule has 4 nitrogen and oxygen atoms in total. The van der Waals surface area contributed by atoms with Gasteiger partial charge in [-0.3, -0.25) is 14.8 Å². The lowest BCUT2D eigenvalue weighted by molar-refractivity contribution is 0.0786. The summed E-state index contributed by atoms with van der Waals surface area (Å²) < 4.78 is 0. The molecule has 1 amide bonds. The molecule has 2 aromatic heterocycles. The molecule has 3 aromatic rings. The van der Waals surface area contributed by atoms with Crippen LogP contribution in [0.2, 0.25) is 0 Å². The number of fused-ring (bicyclic) bond motifs is 1. The van der Waals surface area contributed by atoms with Crippen LogP contribution in [0.25, 0.3) is 10.9 Å².